The first kappa shape index (κ1) is 19.9. The maximum Gasteiger partial charge on any atom is 0.0555 e. The van der Waals surface area contributed by atoms with Gasteiger partial charge in [-0.2, -0.15) is 0 Å². The summed E-state index contributed by atoms with van der Waals surface area (Å²) in [5, 5.41) is 15.5. The predicted molar refractivity (Wildman–Crippen MR) is 89.1 cm³/mol. The van der Waals surface area contributed by atoms with Gasteiger partial charge in [-0.05, 0) is 56.1 Å². The number of hydrogen-bond donors (Lipinski definition) is 3. The van der Waals surface area contributed by atoms with E-state index in [-0.39, 0.29) is 6.61 Å². The Morgan fingerprint density at radius 3 is 1.90 bits per heavy atom. The van der Waals surface area contributed by atoms with Crippen LogP contribution in [0, 0.1) is 10.8 Å². The van der Waals surface area contributed by atoms with Crippen molar-refractivity contribution >= 4 is 0 Å². The Hall–Kier alpha value is -0.120. The summed E-state index contributed by atoms with van der Waals surface area (Å²) in [6.07, 6.45) is 6.29. The Morgan fingerprint density at radius 2 is 1.30 bits per heavy atom. The van der Waals surface area contributed by atoms with Crippen molar-refractivity contribution in [3.63, 3.8) is 0 Å². The molecule has 0 aromatic rings. The molecule has 0 aromatic heterocycles. The summed E-state index contributed by atoms with van der Waals surface area (Å²) >= 11 is 0. The van der Waals surface area contributed by atoms with Crippen LogP contribution in [0.3, 0.4) is 0 Å². The average molecular weight is 287 g/mol. The minimum Gasteiger partial charge on any atom is -0.395 e. The van der Waals surface area contributed by atoms with Gasteiger partial charge in [-0.15, -0.1) is 0 Å². The van der Waals surface area contributed by atoms with Gasteiger partial charge < -0.3 is 15.7 Å². The number of aliphatic hydroxyl groups is 1. The average Bonchev–Trinajstić information content (AvgIpc) is 2.32. The van der Waals surface area contributed by atoms with E-state index >= 15 is 0 Å². The molecule has 3 nitrogen and oxygen atoms in total. The molecule has 0 heterocycles. The highest BCUT2D eigenvalue weighted by atomic mass is 16.3. The summed E-state index contributed by atoms with van der Waals surface area (Å²) in [5.74, 6) is 0. The van der Waals surface area contributed by atoms with Crippen LogP contribution in [0.5, 0.6) is 0 Å². The van der Waals surface area contributed by atoms with Crippen LogP contribution in [0.1, 0.15) is 66.7 Å². The van der Waals surface area contributed by atoms with Crippen LogP contribution in [0.2, 0.25) is 0 Å². The second-order valence-electron chi connectivity index (χ2n) is 7.91. The third-order valence-electron chi connectivity index (χ3n) is 3.78. The fourth-order valence-electron chi connectivity index (χ4n) is 2.20. The molecule has 0 fully saturated rings. The first-order valence-corrected chi connectivity index (χ1v) is 8.29. The summed E-state index contributed by atoms with van der Waals surface area (Å²) in [4.78, 5) is 0. The summed E-state index contributed by atoms with van der Waals surface area (Å²) in [7, 11) is 0. The molecule has 122 valence electrons. The van der Waals surface area contributed by atoms with Crippen molar-refractivity contribution in [2.24, 2.45) is 10.8 Å². The van der Waals surface area contributed by atoms with Gasteiger partial charge in [0.25, 0.3) is 0 Å². The molecule has 0 radical (unpaired) electrons. The molecule has 0 aliphatic carbocycles. The van der Waals surface area contributed by atoms with Crippen LogP contribution in [-0.2, 0) is 0 Å². The summed E-state index contributed by atoms with van der Waals surface area (Å²) in [6.45, 7) is 15.8. The van der Waals surface area contributed by atoms with Gasteiger partial charge in [0.15, 0.2) is 0 Å². The molecule has 0 rings (SSSR count). The minimum absolute atomic E-state index is 0.237. The number of hydrogen-bond acceptors (Lipinski definition) is 3. The topological polar surface area (TPSA) is 44.3 Å². The lowest BCUT2D eigenvalue weighted by atomic mass is 9.84. The Balaban J connectivity index is 3.43. The molecular weight excluding hydrogens is 248 g/mol. The molecule has 0 aliphatic heterocycles. The molecule has 0 saturated heterocycles. The van der Waals surface area contributed by atoms with E-state index in [4.69, 9.17) is 5.11 Å². The lowest BCUT2D eigenvalue weighted by Gasteiger charge is -2.25. The van der Waals surface area contributed by atoms with Crippen LogP contribution in [0.15, 0.2) is 0 Å². The number of unbranched alkanes of at least 4 members (excludes halogenated alkanes) is 1. The van der Waals surface area contributed by atoms with Gasteiger partial charge in [-0.25, -0.2) is 0 Å². The first-order valence-electron chi connectivity index (χ1n) is 8.29. The predicted octanol–water partition coefficient (Wildman–Crippen LogP) is 3.18. The summed E-state index contributed by atoms with van der Waals surface area (Å²) < 4.78 is 0. The molecule has 20 heavy (non-hydrogen) atoms. The van der Waals surface area contributed by atoms with Gasteiger partial charge in [0.05, 0.1) is 6.61 Å². The van der Waals surface area contributed by atoms with E-state index in [0.29, 0.717) is 17.4 Å². The fraction of sp³-hybridized carbons (Fsp3) is 1.00. The molecule has 3 heteroatoms. The third kappa shape index (κ3) is 14.3. The smallest absolute Gasteiger partial charge is 0.0555 e. The standard InChI is InChI=1S/C17H38N2O/c1-16(2,3)9-12-18-11-7-6-8-17(4,5)10-13-19-14-15-20/h18-20H,6-15H2,1-5H3. The van der Waals surface area contributed by atoms with Crippen LogP contribution >= 0.6 is 0 Å². The fourth-order valence-corrected chi connectivity index (χ4v) is 2.20. The quantitative estimate of drug-likeness (QED) is 0.483. The van der Waals surface area contributed by atoms with Crippen LogP contribution in [-0.4, -0.2) is 37.9 Å². The van der Waals surface area contributed by atoms with Crippen molar-refractivity contribution < 1.29 is 5.11 Å². The Morgan fingerprint density at radius 1 is 0.700 bits per heavy atom. The van der Waals surface area contributed by atoms with Crippen LogP contribution < -0.4 is 10.6 Å². The first-order chi connectivity index (χ1) is 9.27. The molecule has 0 saturated carbocycles. The van der Waals surface area contributed by atoms with Crippen molar-refractivity contribution in [2.75, 3.05) is 32.8 Å². The maximum atomic E-state index is 8.72. The SMILES string of the molecule is CC(C)(C)CCNCCCCC(C)(C)CCNCCO. The van der Waals surface area contributed by atoms with Gasteiger partial charge in [-0.1, -0.05) is 41.0 Å². The van der Waals surface area contributed by atoms with Crippen molar-refractivity contribution in [1.29, 1.82) is 0 Å². The van der Waals surface area contributed by atoms with E-state index in [9.17, 15) is 0 Å². The molecular formula is C17H38N2O. The normalized spacial score (nSPS) is 12.9. The molecule has 0 atom stereocenters. The number of nitrogens with one attached hydrogen (secondary N) is 2. The highest BCUT2D eigenvalue weighted by molar-refractivity contribution is 4.70. The van der Waals surface area contributed by atoms with E-state index in [2.05, 4.69) is 45.3 Å². The van der Waals surface area contributed by atoms with Crippen molar-refractivity contribution in [2.45, 2.75) is 66.7 Å². The van der Waals surface area contributed by atoms with Crippen molar-refractivity contribution in [1.82, 2.24) is 10.6 Å². The lowest BCUT2D eigenvalue weighted by Crippen LogP contribution is -2.25. The van der Waals surface area contributed by atoms with Crippen molar-refractivity contribution in [3.05, 3.63) is 0 Å². The second kappa shape index (κ2) is 10.6. The van der Waals surface area contributed by atoms with Crippen LogP contribution in [0.4, 0.5) is 0 Å². The summed E-state index contributed by atoms with van der Waals surface area (Å²) in [5.41, 5.74) is 0.852. The van der Waals surface area contributed by atoms with E-state index in [1.165, 1.54) is 32.1 Å². The highest BCUT2D eigenvalue weighted by Gasteiger charge is 2.16. The second-order valence-corrected chi connectivity index (χ2v) is 7.91. The molecule has 0 aromatic carbocycles. The molecule has 0 amide bonds. The number of rotatable bonds is 12. The zero-order valence-corrected chi connectivity index (χ0v) is 14.5. The Labute approximate surface area is 126 Å². The van der Waals surface area contributed by atoms with Crippen LogP contribution in [0.25, 0.3) is 0 Å². The largest absolute Gasteiger partial charge is 0.395 e. The van der Waals surface area contributed by atoms with Gasteiger partial charge in [0.1, 0.15) is 0 Å². The van der Waals surface area contributed by atoms with Gasteiger partial charge in [-0.3, -0.25) is 0 Å². The molecule has 0 spiro atoms. The maximum absolute atomic E-state index is 8.72. The lowest BCUT2D eigenvalue weighted by molar-refractivity contribution is 0.268. The van der Waals surface area contributed by atoms with Gasteiger partial charge >= 0.3 is 0 Å². The van der Waals surface area contributed by atoms with Crippen molar-refractivity contribution in [3.8, 4) is 0 Å². The molecule has 0 unspecified atom stereocenters. The van der Waals surface area contributed by atoms with Gasteiger partial charge in [0, 0.05) is 6.54 Å². The van der Waals surface area contributed by atoms with E-state index in [0.717, 1.165) is 19.6 Å². The Bertz CT molecular complexity index is 222. The van der Waals surface area contributed by atoms with Gasteiger partial charge in [0.2, 0.25) is 0 Å². The zero-order valence-electron chi connectivity index (χ0n) is 14.5. The summed E-state index contributed by atoms with van der Waals surface area (Å²) in [6, 6.07) is 0. The minimum atomic E-state index is 0.237. The molecule has 0 bridgehead atoms. The monoisotopic (exact) mass is 286 g/mol. The third-order valence-corrected chi connectivity index (χ3v) is 3.78. The van der Waals surface area contributed by atoms with E-state index < -0.39 is 0 Å². The zero-order chi connectivity index (χ0) is 15.5. The number of aliphatic hydroxyl groups excluding tert-OH is 1. The van der Waals surface area contributed by atoms with E-state index in [1.807, 2.05) is 0 Å². The van der Waals surface area contributed by atoms with E-state index in [1.54, 1.807) is 0 Å². The molecule has 0 aliphatic rings. The Kier molecular flexibility index (Phi) is 10.5. The highest BCUT2D eigenvalue weighted by Crippen LogP contribution is 2.26. The molecule has 3 N–H and O–H groups in total.